The molecular weight excluding hydrogens is 280 g/mol. The van der Waals surface area contributed by atoms with Crippen LogP contribution in [0.5, 0.6) is 0 Å². The van der Waals surface area contributed by atoms with Crippen molar-refractivity contribution < 1.29 is 17.9 Å². The van der Waals surface area contributed by atoms with Gasteiger partial charge in [-0.15, -0.1) is 0 Å². The van der Waals surface area contributed by atoms with Crippen molar-refractivity contribution in [1.82, 2.24) is 9.55 Å². The molecule has 1 rings (SSSR count). The van der Waals surface area contributed by atoms with Gasteiger partial charge in [-0.05, 0) is 6.42 Å². The summed E-state index contributed by atoms with van der Waals surface area (Å²) in [5, 5.41) is -0.645. The molecule has 0 saturated heterocycles. The summed E-state index contributed by atoms with van der Waals surface area (Å²) in [4.78, 5) is 3.17. The molecule has 0 unspecified atom stereocenters. The van der Waals surface area contributed by atoms with E-state index in [0.717, 1.165) is 12.8 Å². The first kappa shape index (κ1) is 14.6. The second kappa shape index (κ2) is 5.93. The molecule has 0 N–H and O–H groups in total. The van der Waals surface area contributed by atoms with Gasteiger partial charge in [0.05, 0.1) is 0 Å². The van der Waals surface area contributed by atoms with Crippen molar-refractivity contribution in [2.24, 2.45) is 0 Å². The molecule has 1 heterocycles. The average Bonchev–Trinajstić information content (AvgIpc) is 2.51. The Morgan fingerprint density at radius 1 is 1.35 bits per heavy atom. The Kier molecular flexibility index (Phi) is 5.09. The molecule has 3 nitrogen and oxygen atoms in total. The summed E-state index contributed by atoms with van der Waals surface area (Å²) in [6, 6.07) is 0. The predicted molar refractivity (Wildman–Crippen MR) is 58.1 cm³/mol. The Morgan fingerprint density at radius 3 is 2.53 bits per heavy atom. The molecule has 0 amide bonds. The second-order valence-electron chi connectivity index (χ2n) is 3.33. The largest absolute Gasteiger partial charge is 0.449 e. The highest BCUT2D eigenvalue weighted by Crippen LogP contribution is 2.33. The van der Waals surface area contributed by atoms with Crippen LogP contribution in [0.1, 0.15) is 25.6 Å². The van der Waals surface area contributed by atoms with Crippen molar-refractivity contribution in [3.63, 3.8) is 0 Å². The molecule has 1 aromatic rings. The van der Waals surface area contributed by atoms with E-state index in [9.17, 15) is 13.2 Å². The van der Waals surface area contributed by atoms with Crippen LogP contribution in [0.25, 0.3) is 0 Å². The summed E-state index contributed by atoms with van der Waals surface area (Å²) in [5.74, 6) is -1.15. The molecule has 0 aliphatic rings. The zero-order valence-corrected chi connectivity index (χ0v) is 10.5. The Balaban J connectivity index is 2.82. The molecule has 8 heteroatoms. The molecule has 0 fully saturated rings. The van der Waals surface area contributed by atoms with Gasteiger partial charge in [-0.3, -0.25) is 4.57 Å². The van der Waals surface area contributed by atoms with E-state index in [1.807, 2.05) is 6.92 Å². The van der Waals surface area contributed by atoms with Gasteiger partial charge in [-0.1, -0.05) is 36.5 Å². The number of rotatable bonds is 5. The number of aromatic nitrogens is 2. The maximum atomic E-state index is 12.6. The van der Waals surface area contributed by atoms with Crippen molar-refractivity contribution >= 4 is 23.2 Å². The molecule has 0 aliphatic carbocycles. The lowest BCUT2D eigenvalue weighted by Crippen LogP contribution is -2.16. The van der Waals surface area contributed by atoms with Gasteiger partial charge in [0.15, 0.2) is 5.15 Å². The van der Waals surface area contributed by atoms with Gasteiger partial charge >= 0.3 is 6.18 Å². The number of hydrogen-bond donors (Lipinski definition) is 0. The van der Waals surface area contributed by atoms with Crippen LogP contribution in [0.15, 0.2) is 0 Å². The molecule has 0 radical (unpaired) electrons. The smallest absolute Gasteiger partial charge is 0.361 e. The molecular formula is C9H11Cl2F3N2O. The van der Waals surface area contributed by atoms with E-state index in [2.05, 4.69) is 4.98 Å². The third-order valence-corrected chi connectivity index (χ3v) is 2.73. The minimum absolute atomic E-state index is 0.268. The number of nitrogens with zero attached hydrogens (tertiary/aromatic N) is 2. The van der Waals surface area contributed by atoms with Gasteiger partial charge in [-0.2, -0.15) is 13.2 Å². The summed E-state index contributed by atoms with van der Waals surface area (Å²) in [6.07, 6.45) is -2.95. The fraction of sp³-hybridized carbons (Fsp3) is 0.667. The van der Waals surface area contributed by atoms with Gasteiger partial charge in [0.25, 0.3) is 0 Å². The van der Waals surface area contributed by atoms with Crippen LogP contribution in [0, 0.1) is 0 Å². The minimum Gasteiger partial charge on any atom is -0.361 e. The summed E-state index contributed by atoms with van der Waals surface area (Å²) >= 11 is 11.1. The van der Waals surface area contributed by atoms with Crippen LogP contribution >= 0.6 is 23.2 Å². The molecule has 17 heavy (non-hydrogen) atoms. The molecule has 0 atom stereocenters. The van der Waals surface area contributed by atoms with Crippen molar-refractivity contribution in [3.05, 3.63) is 16.1 Å². The lowest BCUT2D eigenvalue weighted by atomic mass is 10.4. The monoisotopic (exact) mass is 290 g/mol. The summed E-state index contributed by atoms with van der Waals surface area (Å²) in [7, 11) is 0. The maximum Gasteiger partial charge on any atom is 0.449 e. The maximum absolute atomic E-state index is 12.6. The van der Waals surface area contributed by atoms with Gasteiger partial charge in [0.1, 0.15) is 11.9 Å². The molecule has 0 bridgehead atoms. The third kappa shape index (κ3) is 3.76. The predicted octanol–water partition coefficient (Wildman–Crippen LogP) is 3.98. The van der Waals surface area contributed by atoms with E-state index in [1.165, 1.54) is 0 Å². The van der Waals surface area contributed by atoms with Crippen molar-refractivity contribution in [2.75, 3.05) is 6.61 Å². The molecule has 0 aromatic carbocycles. The van der Waals surface area contributed by atoms with Crippen molar-refractivity contribution in [1.29, 1.82) is 0 Å². The Bertz CT molecular complexity index is 379. The number of alkyl halides is 3. The number of unbranched alkanes of at least 4 members (excludes halogenated alkanes) is 1. The summed E-state index contributed by atoms with van der Waals surface area (Å²) in [5.41, 5.74) is 0. The van der Waals surface area contributed by atoms with Gasteiger partial charge < -0.3 is 4.74 Å². The molecule has 0 saturated carbocycles. The van der Waals surface area contributed by atoms with E-state index >= 15 is 0 Å². The standard InChI is InChI=1S/C9H11Cl2F3N2O/c1-2-3-4-17-5-16-7(11)6(10)15-8(16)9(12,13)14/h2-5H2,1H3. The van der Waals surface area contributed by atoms with Crippen molar-refractivity contribution in [3.8, 4) is 0 Å². The highest BCUT2D eigenvalue weighted by Gasteiger charge is 2.38. The zero-order chi connectivity index (χ0) is 13.1. The van der Waals surface area contributed by atoms with E-state index in [-0.39, 0.29) is 17.0 Å². The van der Waals surface area contributed by atoms with E-state index in [1.54, 1.807) is 0 Å². The Hall–Kier alpha value is -0.460. The van der Waals surface area contributed by atoms with Crippen LogP contribution in [0.3, 0.4) is 0 Å². The van der Waals surface area contributed by atoms with E-state index in [4.69, 9.17) is 27.9 Å². The highest BCUT2D eigenvalue weighted by atomic mass is 35.5. The normalized spacial score (nSPS) is 12.1. The fourth-order valence-electron chi connectivity index (χ4n) is 1.14. The Morgan fingerprint density at radius 2 is 2.00 bits per heavy atom. The quantitative estimate of drug-likeness (QED) is 0.767. The Labute approximate surface area is 106 Å². The van der Waals surface area contributed by atoms with Crippen LogP contribution in [-0.4, -0.2) is 16.2 Å². The lowest BCUT2D eigenvalue weighted by molar-refractivity contribution is -0.149. The number of ether oxygens (including phenoxy) is 1. The van der Waals surface area contributed by atoms with Crippen molar-refractivity contribution in [2.45, 2.75) is 32.7 Å². The minimum atomic E-state index is -4.61. The SMILES string of the molecule is CCCCOCn1c(C(F)(F)F)nc(Cl)c1Cl. The van der Waals surface area contributed by atoms with E-state index in [0.29, 0.717) is 11.2 Å². The molecule has 0 spiro atoms. The number of hydrogen-bond acceptors (Lipinski definition) is 2. The van der Waals surface area contributed by atoms with Gasteiger partial charge in [0, 0.05) is 6.61 Å². The van der Waals surface area contributed by atoms with Gasteiger partial charge in [-0.25, -0.2) is 4.98 Å². The summed E-state index contributed by atoms with van der Waals surface area (Å²) < 4.78 is 43.5. The molecule has 98 valence electrons. The number of halogens is 5. The van der Waals surface area contributed by atoms with E-state index < -0.39 is 12.0 Å². The van der Waals surface area contributed by atoms with Crippen LogP contribution in [0.2, 0.25) is 10.3 Å². The number of imidazole rings is 1. The first-order valence-electron chi connectivity index (χ1n) is 4.94. The van der Waals surface area contributed by atoms with Gasteiger partial charge in [0.2, 0.25) is 5.82 Å². The fourth-order valence-corrected chi connectivity index (χ4v) is 1.49. The molecule has 1 aromatic heterocycles. The first-order valence-corrected chi connectivity index (χ1v) is 5.70. The lowest BCUT2D eigenvalue weighted by Gasteiger charge is -2.11. The average molecular weight is 291 g/mol. The second-order valence-corrected chi connectivity index (χ2v) is 4.05. The van der Waals surface area contributed by atoms with Crippen LogP contribution < -0.4 is 0 Å². The molecule has 0 aliphatic heterocycles. The first-order chi connectivity index (χ1) is 7.88. The topological polar surface area (TPSA) is 27.1 Å². The van der Waals surface area contributed by atoms with Crippen LogP contribution in [-0.2, 0) is 17.6 Å². The summed E-state index contributed by atoms with van der Waals surface area (Å²) in [6.45, 7) is 2.00. The van der Waals surface area contributed by atoms with Crippen LogP contribution in [0.4, 0.5) is 13.2 Å². The highest BCUT2D eigenvalue weighted by molar-refractivity contribution is 6.40. The zero-order valence-electron chi connectivity index (χ0n) is 9.02. The third-order valence-electron chi connectivity index (χ3n) is 1.98.